The molecule has 154 valence electrons. The monoisotopic (exact) mass is 399 g/mol. The highest BCUT2D eigenvalue weighted by Crippen LogP contribution is 2.26. The van der Waals surface area contributed by atoms with Crippen molar-refractivity contribution in [1.82, 2.24) is 4.90 Å². The Morgan fingerprint density at radius 2 is 1.76 bits per heavy atom. The molecular weight excluding hydrogens is 373 g/mol. The van der Waals surface area contributed by atoms with Crippen molar-refractivity contribution in [1.29, 1.82) is 0 Å². The highest BCUT2D eigenvalue weighted by molar-refractivity contribution is 5.94. The van der Waals surface area contributed by atoms with E-state index in [0.717, 1.165) is 0 Å². The van der Waals surface area contributed by atoms with Crippen LogP contribution in [0.25, 0.3) is 0 Å². The second-order valence-corrected chi connectivity index (χ2v) is 7.02. The van der Waals surface area contributed by atoms with Crippen molar-refractivity contribution in [2.45, 2.75) is 19.8 Å². The van der Waals surface area contributed by atoms with Crippen molar-refractivity contribution in [2.24, 2.45) is 5.92 Å². The number of halogens is 1. The van der Waals surface area contributed by atoms with Crippen LogP contribution >= 0.6 is 0 Å². The lowest BCUT2D eigenvalue weighted by molar-refractivity contribution is -0.121. The molecule has 29 heavy (non-hydrogen) atoms. The molecule has 0 bridgehead atoms. The van der Waals surface area contributed by atoms with Gasteiger partial charge in [0.15, 0.2) is 0 Å². The van der Waals surface area contributed by atoms with Gasteiger partial charge < -0.3 is 15.4 Å². The SMILES string of the molecule is CCOc1ccccc1NC(=O)C1CCN(CC(=O)Nc2ccc(F)cc2)CC1. The Balaban J connectivity index is 1.45. The first-order valence-electron chi connectivity index (χ1n) is 9.85. The molecule has 1 aliphatic rings. The van der Waals surface area contributed by atoms with Gasteiger partial charge in [-0.15, -0.1) is 0 Å². The van der Waals surface area contributed by atoms with E-state index in [2.05, 4.69) is 10.6 Å². The number of rotatable bonds is 7. The Kier molecular flexibility index (Phi) is 7.19. The summed E-state index contributed by atoms with van der Waals surface area (Å²) in [5, 5.41) is 5.73. The van der Waals surface area contributed by atoms with Gasteiger partial charge in [-0.2, -0.15) is 0 Å². The first-order chi connectivity index (χ1) is 14.0. The van der Waals surface area contributed by atoms with Crippen LogP contribution in [0.4, 0.5) is 15.8 Å². The van der Waals surface area contributed by atoms with E-state index in [0.29, 0.717) is 49.7 Å². The third kappa shape index (κ3) is 6.02. The van der Waals surface area contributed by atoms with Crippen molar-refractivity contribution >= 4 is 23.2 Å². The van der Waals surface area contributed by atoms with Gasteiger partial charge in [-0.3, -0.25) is 14.5 Å². The number of carbonyl (C=O) groups excluding carboxylic acids is 2. The van der Waals surface area contributed by atoms with Crippen molar-refractivity contribution < 1.29 is 18.7 Å². The quantitative estimate of drug-likeness (QED) is 0.748. The molecule has 2 aromatic carbocycles. The Labute approximate surface area is 170 Å². The predicted octanol–water partition coefficient (Wildman–Crippen LogP) is 3.51. The number of nitrogens with zero attached hydrogens (tertiary/aromatic N) is 1. The van der Waals surface area contributed by atoms with Crippen LogP contribution in [0.2, 0.25) is 0 Å². The maximum atomic E-state index is 12.9. The van der Waals surface area contributed by atoms with Crippen molar-refractivity contribution in [3.05, 3.63) is 54.3 Å². The fraction of sp³-hybridized carbons (Fsp3) is 0.364. The normalized spacial score (nSPS) is 15.0. The van der Waals surface area contributed by atoms with Gasteiger partial charge in [-0.25, -0.2) is 4.39 Å². The number of ether oxygens (including phenoxy) is 1. The van der Waals surface area contributed by atoms with Gasteiger partial charge in [-0.1, -0.05) is 12.1 Å². The van der Waals surface area contributed by atoms with E-state index in [1.807, 2.05) is 36.1 Å². The van der Waals surface area contributed by atoms with Crippen molar-refractivity contribution in [3.63, 3.8) is 0 Å². The topological polar surface area (TPSA) is 70.7 Å². The molecule has 2 amide bonds. The summed E-state index contributed by atoms with van der Waals surface area (Å²) in [7, 11) is 0. The number of amides is 2. The molecule has 1 saturated heterocycles. The fourth-order valence-corrected chi connectivity index (χ4v) is 3.38. The summed E-state index contributed by atoms with van der Waals surface area (Å²) in [5.41, 5.74) is 1.25. The predicted molar refractivity (Wildman–Crippen MR) is 110 cm³/mol. The zero-order valence-corrected chi connectivity index (χ0v) is 16.5. The Morgan fingerprint density at radius 1 is 1.07 bits per heavy atom. The third-order valence-electron chi connectivity index (χ3n) is 4.90. The largest absolute Gasteiger partial charge is 0.492 e. The van der Waals surface area contributed by atoms with Gasteiger partial charge in [0.1, 0.15) is 11.6 Å². The number of hydrogen-bond donors (Lipinski definition) is 2. The summed E-state index contributed by atoms with van der Waals surface area (Å²) >= 11 is 0. The Hall–Kier alpha value is -2.93. The average Bonchev–Trinajstić information content (AvgIpc) is 2.72. The van der Waals surface area contributed by atoms with E-state index in [9.17, 15) is 14.0 Å². The van der Waals surface area contributed by atoms with Gasteiger partial charge in [0.25, 0.3) is 0 Å². The molecule has 1 fully saturated rings. The summed E-state index contributed by atoms with van der Waals surface area (Å²) < 4.78 is 18.5. The summed E-state index contributed by atoms with van der Waals surface area (Å²) in [6, 6.07) is 13.1. The van der Waals surface area contributed by atoms with E-state index in [1.54, 1.807) is 0 Å². The molecular formula is C22H26FN3O3. The van der Waals surface area contributed by atoms with Gasteiger partial charge in [-0.05, 0) is 69.3 Å². The maximum absolute atomic E-state index is 12.9. The van der Waals surface area contributed by atoms with Crippen LogP contribution < -0.4 is 15.4 Å². The van der Waals surface area contributed by atoms with E-state index in [-0.39, 0.29) is 30.1 Å². The fourth-order valence-electron chi connectivity index (χ4n) is 3.38. The highest BCUT2D eigenvalue weighted by atomic mass is 19.1. The number of likely N-dealkylation sites (tertiary alicyclic amines) is 1. The molecule has 7 heteroatoms. The van der Waals surface area contributed by atoms with Crippen LogP contribution in [0, 0.1) is 11.7 Å². The number of para-hydroxylation sites is 2. The number of anilines is 2. The second kappa shape index (κ2) is 10.0. The van der Waals surface area contributed by atoms with E-state index < -0.39 is 0 Å². The minimum absolute atomic E-state index is 0.0208. The van der Waals surface area contributed by atoms with Crippen LogP contribution in [0.5, 0.6) is 5.75 Å². The minimum Gasteiger partial charge on any atom is -0.492 e. The highest BCUT2D eigenvalue weighted by Gasteiger charge is 2.26. The lowest BCUT2D eigenvalue weighted by Gasteiger charge is -2.30. The van der Waals surface area contributed by atoms with Gasteiger partial charge >= 0.3 is 0 Å². The van der Waals surface area contributed by atoms with Gasteiger partial charge in [0.05, 0.1) is 18.8 Å². The number of carbonyl (C=O) groups is 2. The van der Waals surface area contributed by atoms with Gasteiger partial charge in [0.2, 0.25) is 11.8 Å². The molecule has 2 N–H and O–H groups in total. The standard InChI is InChI=1S/C22H26FN3O3/c1-2-29-20-6-4-3-5-19(20)25-22(28)16-11-13-26(14-12-16)15-21(27)24-18-9-7-17(23)8-10-18/h3-10,16H,2,11-15H2,1H3,(H,24,27)(H,25,28). The van der Waals surface area contributed by atoms with Crippen LogP contribution in [0.15, 0.2) is 48.5 Å². The number of benzene rings is 2. The smallest absolute Gasteiger partial charge is 0.238 e. The molecule has 1 heterocycles. The summed E-state index contributed by atoms with van der Waals surface area (Å²) in [6.45, 7) is 4.02. The van der Waals surface area contributed by atoms with E-state index in [1.165, 1.54) is 24.3 Å². The first-order valence-corrected chi connectivity index (χ1v) is 9.85. The molecule has 0 radical (unpaired) electrons. The Bertz CT molecular complexity index is 833. The number of nitrogens with one attached hydrogen (secondary N) is 2. The molecule has 0 atom stereocenters. The van der Waals surface area contributed by atoms with E-state index in [4.69, 9.17) is 4.74 Å². The molecule has 1 aliphatic heterocycles. The molecule has 2 aromatic rings. The Morgan fingerprint density at radius 3 is 2.45 bits per heavy atom. The third-order valence-corrected chi connectivity index (χ3v) is 4.90. The lowest BCUT2D eigenvalue weighted by atomic mass is 9.95. The molecule has 0 aromatic heterocycles. The lowest BCUT2D eigenvalue weighted by Crippen LogP contribution is -2.41. The summed E-state index contributed by atoms with van der Waals surface area (Å²) in [5.74, 6) is 0.0595. The molecule has 0 saturated carbocycles. The first kappa shape index (κ1) is 20.8. The number of piperidine rings is 1. The van der Waals surface area contributed by atoms with E-state index >= 15 is 0 Å². The maximum Gasteiger partial charge on any atom is 0.238 e. The molecule has 3 rings (SSSR count). The molecule has 0 aliphatic carbocycles. The van der Waals surface area contributed by atoms with Crippen LogP contribution in [-0.4, -0.2) is 43.0 Å². The van der Waals surface area contributed by atoms with Crippen LogP contribution in [0.3, 0.4) is 0 Å². The summed E-state index contributed by atoms with van der Waals surface area (Å²) in [6.07, 6.45) is 1.37. The molecule has 0 unspecified atom stereocenters. The second-order valence-electron chi connectivity index (χ2n) is 7.02. The van der Waals surface area contributed by atoms with Crippen molar-refractivity contribution in [2.75, 3.05) is 36.9 Å². The van der Waals surface area contributed by atoms with Crippen molar-refractivity contribution in [3.8, 4) is 5.75 Å². The zero-order chi connectivity index (χ0) is 20.6. The summed E-state index contributed by atoms with van der Waals surface area (Å²) in [4.78, 5) is 26.8. The average molecular weight is 399 g/mol. The molecule has 0 spiro atoms. The zero-order valence-electron chi connectivity index (χ0n) is 16.5. The van der Waals surface area contributed by atoms with Gasteiger partial charge in [0, 0.05) is 11.6 Å². The van der Waals surface area contributed by atoms with Crippen LogP contribution in [0.1, 0.15) is 19.8 Å². The van der Waals surface area contributed by atoms with Crippen LogP contribution in [-0.2, 0) is 9.59 Å². The number of hydrogen-bond acceptors (Lipinski definition) is 4. The minimum atomic E-state index is -0.341. The molecule has 6 nitrogen and oxygen atoms in total.